The molecule has 1 fully saturated rings. The highest BCUT2D eigenvalue weighted by molar-refractivity contribution is 14.0. The van der Waals surface area contributed by atoms with Crippen LogP contribution in [0.5, 0.6) is 0 Å². The highest BCUT2D eigenvalue weighted by Crippen LogP contribution is 2.51. The van der Waals surface area contributed by atoms with Gasteiger partial charge in [-0.25, -0.2) is 4.98 Å². The maximum atomic E-state index is 4.67. The Kier molecular flexibility index (Phi) is 6.87. The summed E-state index contributed by atoms with van der Waals surface area (Å²) in [7, 11) is 1.81. The Balaban J connectivity index is 0.00000225. The topological polar surface area (TPSA) is 53.7 Å². The molecule has 0 amide bonds. The van der Waals surface area contributed by atoms with Crippen molar-refractivity contribution in [1.29, 1.82) is 0 Å². The molecule has 0 unspecified atom stereocenters. The maximum Gasteiger partial charge on any atom is 0.191 e. The number of guanidine groups is 1. The van der Waals surface area contributed by atoms with Crippen molar-refractivity contribution < 1.29 is 0 Å². The fraction of sp³-hybridized carbons (Fsp3) is 0.333. The Bertz CT molecular complexity index is 950. The molecule has 7 heteroatoms. The third-order valence-electron chi connectivity index (χ3n) is 4.87. The van der Waals surface area contributed by atoms with Crippen molar-refractivity contribution in [2.75, 3.05) is 13.6 Å². The predicted molar refractivity (Wildman–Crippen MR) is 128 cm³/mol. The molecule has 0 atom stereocenters. The van der Waals surface area contributed by atoms with Crippen LogP contribution >= 0.6 is 35.7 Å². The Morgan fingerprint density at radius 2 is 1.93 bits per heavy atom. The van der Waals surface area contributed by atoms with E-state index >= 15 is 0 Å². The van der Waals surface area contributed by atoms with Crippen molar-refractivity contribution >= 4 is 47.3 Å². The van der Waals surface area contributed by atoms with E-state index in [0.29, 0.717) is 11.3 Å². The van der Waals surface area contributed by atoms with Crippen LogP contribution in [-0.4, -0.2) is 33.7 Å². The summed E-state index contributed by atoms with van der Waals surface area (Å²) in [4.78, 5) is 10.4. The van der Waals surface area contributed by atoms with Gasteiger partial charge >= 0.3 is 0 Å². The average Bonchev–Trinajstić information content (AvgIpc) is 3.30. The van der Waals surface area contributed by atoms with Gasteiger partial charge in [-0.05, 0) is 44.0 Å². The van der Waals surface area contributed by atoms with Crippen LogP contribution in [-0.2, 0) is 6.54 Å². The predicted octanol–water partition coefficient (Wildman–Crippen LogP) is 4.25. The lowest BCUT2D eigenvalue weighted by Gasteiger charge is -2.18. The molecule has 0 aliphatic heterocycles. The molecule has 5 nitrogen and oxygen atoms in total. The second-order valence-electron chi connectivity index (χ2n) is 7.01. The normalized spacial score (nSPS) is 15.1. The summed E-state index contributed by atoms with van der Waals surface area (Å²) < 4.78 is 2.40. The van der Waals surface area contributed by atoms with Crippen LogP contribution in [0.2, 0.25) is 0 Å². The van der Waals surface area contributed by atoms with Gasteiger partial charge < -0.3 is 15.0 Å². The molecule has 2 N–H and O–H groups in total. The number of fused-ring (bicyclic) bond motifs is 1. The fourth-order valence-electron chi connectivity index (χ4n) is 3.12. The molecular formula is C21H26IN5S. The number of imidazole rings is 1. The van der Waals surface area contributed by atoms with E-state index in [0.717, 1.165) is 23.8 Å². The summed E-state index contributed by atoms with van der Waals surface area (Å²) >= 11 is 1.97. The van der Waals surface area contributed by atoms with Crippen molar-refractivity contribution in [3.05, 3.63) is 66.1 Å². The molecule has 1 aromatic carbocycles. The molecule has 3 aromatic rings. The average molecular weight is 507 g/mol. The number of nitrogens with zero attached hydrogens (tertiary/aromatic N) is 3. The summed E-state index contributed by atoms with van der Waals surface area (Å²) in [6.45, 7) is 3.65. The summed E-state index contributed by atoms with van der Waals surface area (Å²) in [5, 5.41) is 6.88. The fourth-order valence-corrected chi connectivity index (χ4v) is 4.36. The van der Waals surface area contributed by atoms with Gasteiger partial charge in [0, 0.05) is 35.1 Å². The SMILES string of the molecule is CN=C(NCc1cn2c(C)cccc2n1)NCC1(Sc2ccccc2)CC1.I. The van der Waals surface area contributed by atoms with Gasteiger partial charge in [0.05, 0.1) is 12.2 Å². The lowest BCUT2D eigenvalue weighted by molar-refractivity contribution is 0.761. The molecule has 1 aliphatic rings. The number of thioether (sulfide) groups is 1. The zero-order valence-corrected chi connectivity index (χ0v) is 19.3. The van der Waals surface area contributed by atoms with E-state index in [2.05, 4.69) is 74.5 Å². The zero-order valence-electron chi connectivity index (χ0n) is 16.2. The van der Waals surface area contributed by atoms with Crippen molar-refractivity contribution in [1.82, 2.24) is 20.0 Å². The Morgan fingerprint density at radius 3 is 2.61 bits per heavy atom. The number of benzene rings is 1. The quantitative estimate of drug-likeness (QED) is 0.298. The standard InChI is InChI=1S/C21H25N5S.HI/c1-16-7-6-10-19-25-17(14-26(16)19)13-23-20(22-2)24-15-21(11-12-21)27-18-8-4-3-5-9-18;/h3-10,14H,11-13,15H2,1-2H3,(H2,22,23,24);1H. The van der Waals surface area contributed by atoms with E-state index in [-0.39, 0.29) is 24.0 Å². The lowest BCUT2D eigenvalue weighted by atomic mass is 10.4. The molecular weight excluding hydrogens is 481 g/mol. The van der Waals surface area contributed by atoms with Crippen LogP contribution in [0, 0.1) is 6.92 Å². The molecule has 0 spiro atoms. The van der Waals surface area contributed by atoms with Crippen molar-refractivity contribution in [2.45, 2.75) is 36.0 Å². The maximum absolute atomic E-state index is 4.67. The lowest BCUT2D eigenvalue weighted by Crippen LogP contribution is -2.40. The van der Waals surface area contributed by atoms with Gasteiger partial charge in [-0.2, -0.15) is 0 Å². The van der Waals surface area contributed by atoms with Gasteiger partial charge in [0.1, 0.15) is 5.65 Å². The number of aromatic nitrogens is 2. The molecule has 1 aliphatic carbocycles. The van der Waals surface area contributed by atoms with E-state index < -0.39 is 0 Å². The zero-order chi connectivity index (χ0) is 18.7. The van der Waals surface area contributed by atoms with Crippen LogP contribution in [0.3, 0.4) is 0 Å². The van der Waals surface area contributed by atoms with Crippen molar-refractivity contribution in [2.24, 2.45) is 4.99 Å². The molecule has 1 saturated carbocycles. The number of aliphatic imine (C=N–C) groups is 1. The van der Waals surface area contributed by atoms with Gasteiger partial charge in [-0.1, -0.05) is 24.3 Å². The number of rotatable bonds is 6. The van der Waals surface area contributed by atoms with E-state index in [4.69, 9.17) is 0 Å². The van der Waals surface area contributed by atoms with Crippen LogP contribution in [0.25, 0.3) is 5.65 Å². The van der Waals surface area contributed by atoms with E-state index in [1.807, 2.05) is 30.9 Å². The highest BCUT2D eigenvalue weighted by atomic mass is 127. The van der Waals surface area contributed by atoms with Crippen molar-refractivity contribution in [3.8, 4) is 0 Å². The van der Waals surface area contributed by atoms with Gasteiger partial charge in [0.2, 0.25) is 0 Å². The summed E-state index contributed by atoms with van der Waals surface area (Å²) in [5.41, 5.74) is 3.17. The minimum Gasteiger partial charge on any atom is -0.355 e. The third-order valence-corrected chi connectivity index (χ3v) is 6.36. The summed E-state index contributed by atoms with van der Waals surface area (Å²) in [5.74, 6) is 0.823. The van der Waals surface area contributed by atoms with Crippen LogP contribution in [0.4, 0.5) is 0 Å². The molecule has 0 bridgehead atoms. The third kappa shape index (κ3) is 5.00. The Morgan fingerprint density at radius 1 is 1.14 bits per heavy atom. The Hall–Kier alpha value is -1.74. The monoisotopic (exact) mass is 507 g/mol. The largest absolute Gasteiger partial charge is 0.355 e. The smallest absolute Gasteiger partial charge is 0.191 e. The first-order chi connectivity index (χ1) is 13.2. The molecule has 0 radical (unpaired) electrons. The molecule has 28 heavy (non-hydrogen) atoms. The number of halogens is 1. The number of aryl methyl sites for hydroxylation is 1. The van der Waals surface area contributed by atoms with Gasteiger partial charge in [-0.15, -0.1) is 35.7 Å². The first-order valence-corrected chi connectivity index (χ1v) is 10.1. The van der Waals surface area contributed by atoms with E-state index in [1.165, 1.54) is 23.4 Å². The molecule has 148 valence electrons. The molecule has 2 heterocycles. The van der Waals surface area contributed by atoms with Crippen molar-refractivity contribution in [3.63, 3.8) is 0 Å². The summed E-state index contributed by atoms with van der Waals surface area (Å²) in [6, 6.07) is 16.8. The minimum atomic E-state index is 0. The summed E-state index contributed by atoms with van der Waals surface area (Å²) in [6.07, 6.45) is 4.56. The number of hydrogen-bond acceptors (Lipinski definition) is 3. The first kappa shape index (κ1) is 21.0. The van der Waals surface area contributed by atoms with Gasteiger partial charge in [-0.3, -0.25) is 4.99 Å². The number of hydrogen-bond donors (Lipinski definition) is 2. The van der Waals surface area contributed by atoms with Gasteiger partial charge in [0.25, 0.3) is 0 Å². The van der Waals surface area contributed by atoms with E-state index in [1.54, 1.807) is 0 Å². The van der Waals surface area contributed by atoms with Crippen LogP contribution < -0.4 is 10.6 Å². The minimum absolute atomic E-state index is 0. The van der Waals surface area contributed by atoms with Crippen LogP contribution in [0.1, 0.15) is 24.2 Å². The highest BCUT2D eigenvalue weighted by Gasteiger charge is 2.43. The molecule has 0 saturated heterocycles. The Labute approximate surface area is 187 Å². The molecule has 2 aromatic heterocycles. The van der Waals surface area contributed by atoms with Crippen LogP contribution in [0.15, 0.2) is 64.6 Å². The van der Waals surface area contributed by atoms with Gasteiger partial charge in [0.15, 0.2) is 5.96 Å². The molecule has 4 rings (SSSR count). The second kappa shape index (κ2) is 9.17. The number of nitrogens with one attached hydrogen (secondary N) is 2. The number of pyridine rings is 1. The first-order valence-electron chi connectivity index (χ1n) is 9.30. The van der Waals surface area contributed by atoms with E-state index in [9.17, 15) is 0 Å². The second-order valence-corrected chi connectivity index (χ2v) is 8.55.